The molecule has 0 radical (unpaired) electrons. The molecule has 0 bridgehead atoms. The minimum Gasteiger partial charge on any atom is -0.381 e. The van der Waals surface area contributed by atoms with Crippen molar-refractivity contribution in [2.45, 2.75) is 13.3 Å². The van der Waals surface area contributed by atoms with E-state index in [0.717, 1.165) is 26.2 Å². The van der Waals surface area contributed by atoms with Gasteiger partial charge in [-0.2, -0.15) is 0 Å². The summed E-state index contributed by atoms with van der Waals surface area (Å²) in [5.41, 5.74) is 0.491. The second-order valence-electron chi connectivity index (χ2n) is 4.42. The Balaban J connectivity index is 2.04. The highest BCUT2D eigenvalue weighted by molar-refractivity contribution is 9.10. The van der Waals surface area contributed by atoms with E-state index < -0.39 is 0 Å². The number of carbonyl (C=O) groups is 1. The van der Waals surface area contributed by atoms with Crippen LogP contribution in [0.1, 0.15) is 23.8 Å². The highest BCUT2D eigenvalue weighted by Crippen LogP contribution is 2.16. The molecule has 1 aliphatic rings. The van der Waals surface area contributed by atoms with Crippen LogP contribution in [0.3, 0.4) is 0 Å². The zero-order valence-corrected chi connectivity index (χ0v) is 12.0. The Kier molecular flexibility index (Phi) is 4.72. The van der Waals surface area contributed by atoms with E-state index in [1.807, 2.05) is 24.0 Å². The molecule has 1 atom stereocenters. The molecule has 1 saturated heterocycles. The van der Waals surface area contributed by atoms with E-state index in [-0.39, 0.29) is 5.91 Å². The molecular weight excluding hydrogens is 296 g/mol. The van der Waals surface area contributed by atoms with E-state index in [2.05, 4.69) is 20.9 Å². The molecule has 2 heterocycles. The first-order valence-corrected chi connectivity index (χ1v) is 6.99. The summed E-state index contributed by atoms with van der Waals surface area (Å²) in [5.74, 6) is 0.451. The molecule has 0 saturated carbocycles. The normalized spacial score (nSPS) is 18.9. The van der Waals surface area contributed by atoms with Gasteiger partial charge in [-0.1, -0.05) is 6.07 Å². The Morgan fingerprint density at radius 2 is 2.44 bits per heavy atom. The molecule has 1 aliphatic heterocycles. The standard InChI is InChI=1S/C13H17BrN2O2/c1-2-16(8-10-6-7-18-9-10)13(17)11-4-3-5-12(14)15-11/h3-5,10H,2,6-9H2,1H3. The lowest BCUT2D eigenvalue weighted by Gasteiger charge is -2.23. The number of carbonyl (C=O) groups excluding carboxylic acids is 1. The first-order valence-electron chi connectivity index (χ1n) is 6.20. The van der Waals surface area contributed by atoms with E-state index in [9.17, 15) is 4.79 Å². The summed E-state index contributed by atoms with van der Waals surface area (Å²) in [6.45, 7) is 5.01. The number of pyridine rings is 1. The molecule has 1 unspecified atom stereocenters. The van der Waals surface area contributed by atoms with Crippen LogP contribution in [0.2, 0.25) is 0 Å². The molecule has 2 rings (SSSR count). The van der Waals surface area contributed by atoms with Gasteiger partial charge in [0.25, 0.3) is 5.91 Å². The van der Waals surface area contributed by atoms with Crippen molar-refractivity contribution < 1.29 is 9.53 Å². The van der Waals surface area contributed by atoms with E-state index in [1.54, 1.807) is 6.07 Å². The van der Waals surface area contributed by atoms with Gasteiger partial charge in [0.2, 0.25) is 0 Å². The SMILES string of the molecule is CCN(CC1CCOC1)C(=O)c1cccc(Br)n1. The average Bonchev–Trinajstić information content (AvgIpc) is 2.88. The lowest BCUT2D eigenvalue weighted by molar-refractivity contribution is 0.0724. The fourth-order valence-corrected chi connectivity index (χ4v) is 2.43. The Bertz CT molecular complexity index is 419. The van der Waals surface area contributed by atoms with Crippen molar-refractivity contribution in [2.75, 3.05) is 26.3 Å². The van der Waals surface area contributed by atoms with Crippen molar-refractivity contribution in [2.24, 2.45) is 5.92 Å². The van der Waals surface area contributed by atoms with Crippen LogP contribution in [0.25, 0.3) is 0 Å². The molecule has 1 aromatic heterocycles. The molecule has 0 N–H and O–H groups in total. The zero-order valence-electron chi connectivity index (χ0n) is 10.4. The lowest BCUT2D eigenvalue weighted by Crippen LogP contribution is -2.36. The first kappa shape index (κ1) is 13.5. The number of aromatic nitrogens is 1. The van der Waals surface area contributed by atoms with Crippen LogP contribution in [-0.4, -0.2) is 42.1 Å². The van der Waals surface area contributed by atoms with Crippen molar-refractivity contribution in [3.63, 3.8) is 0 Å². The predicted molar refractivity (Wildman–Crippen MR) is 72.4 cm³/mol. The smallest absolute Gasteiger partial charge is 0.272 e. The topological polar surface area (TPSA) is 42.4 Å². The van der Waals surface area contributed by atoms with Crippen molar-refractivity contribution >= 4 is 21.8 Å². The van der Waals surface area contributed by atoms with Gasteiger partial charge >= 0.3 is 0 Å². The summed E-state index contributed by atoms with van der Waals surface area (Å²) in [6.07, 6.45) is 1.04. The maximum Gasteiger partial charge on any atom is 0.272 e. The van der Waals surface area contributed by atoms with Crippen LogP contribution in [0.5, 0.6) is 0 Å². The lowest BCUT2D eigenvalue weighted by atomic mass is 10.1. The van der Waals surface area contributed by atoms with Gasteiger partial charge < -0.3 is 9.64 Å². The molecule has 1 fully saturated rings. The third kappa shape index (κ3) is 3.29. The molecule has 5 heteroatoms. The Morgan fingerprint density at radius 1 is 1.61 bits per heavy atom. The molecule has 1 aromatic rings. The van der Waals surface area contributed by atoms with Gasteiger partial charge in [0.05, 0.1) is 6.61 Å². The van der Waals surface area contributed by atoms with E-state index in [4.69, 9.17) is 4.74 Å². The van der Waals surface area contributed by atoms with E-state index in [1.165, 1.54) is 0 Å². The summed E-state index contributed by atoms with van der Waals surface area (Å²) in [6, 6.07) is 5.40. The summed E-state index contributed by atoms with van der Waals surface area (Å²) < 4.78 is 6.03. The highest BCUT2D eigenvalue weighted by Gasteiger charge is 2.22. The second kappa shape index (κ2) is 6.29. The third-order valence-corrected chi connectivity index (χ3v) is 3.55. The molecule has 0 spiro atoms. The number of amides is 1. The quantitative estimate of drug-likeness (QED) is 0.801. The number of hydrogen-bond acceptors (Lipinski definition) is 3. The van der Waals surface area contributed by atoms with Crippen LogP contribution < -0.4 is 0 Å². The summed E-state index contributed by atoms with van der Waals surface area (Å²) in [4.78, 5) is 18.4. The number of hydrogen-bond donors (Lipinski definition) is 0. The summed E-state index contributed by atoms with van der Waals surface area (Å²) in [7, 11) is 0. The highest BCUT2D eigenvalue weighted by atomic mass is 79.9. The monoisotopic (exact) mass is 312 g/mol. The predicted octanol–water partition coefficient (Wildman–Crippen LogP) is 2.34. The van der Waals surface area contributed by atoms with Gasteiger partial charge in [-0.05, 0) is 41.4 Å². The van der Waals surface area contributed by atoms with Gasteiger partial charge in [-0.25, -0.2) is 4.98 Å². The van der Waals surface area contributed by atoms with Crippen molar-refractivity contribution in [1.82, 2.24) is 9.88 Å². The minimum absolute atomic E-state index is 0.00861. The maximum atomic E-state index is 12.3. The Hall–Kier alpha value is -0.940. The fraction of sp³-hybridized carbons (Fsp3) is 0.538. The van der Waals surface area contributed by atoms with Gasteiger partial charge in [0.1, 0.15) is 10.3 Å². The van der Waals surface area contributed by atoms with Gasteiger partial charge in [-0.15, -0.1) is 0 Å². The Labute approximate surface area is 115 Å². The van der Waals surface area contributed by atoms with Crippen molar-refractivity contribution in [1.29, 1.82) is 0 Å². The molecule has 98 valence electrons. The van der Waals surface area contributed by atoms with Gasteiger partial charge in [0, 0.05) is 25.6 Å². The number of nitrogens with zero attached hydrogens (tertiary/aromatic N) is 2. The zero-order chi connectivity index (χ0) is 13.0. The number of halogens is 1. The molecule has 18 heavy (non-hydrogen) atoms. The minimum atomic E-state index is -0.00861. The number of rotatable bonds is 4. The molecule has 1 amide bonds. The van der Waals surface area contributed by atoms with E-state index in [0.29, 0.717) is 22.8 Å². The van der Waals surface area contributed by atoms with E-state index >= 15 is 0 Å². The maximum absolute atomic E-state index is 12.3. The van der Waals surface area contributed by atoms with Crippen LogP contribution in [-0.2, 0) is 4.74 Å². The van der Waals surface area contributed by atoms with Crippen LogP contribution >= 0.6 is 15.9 Å². The fourth-order valence-electron chi connectivity index (χ4n) is 2.08. The molecule has 0 aromatic carbocycles. The van der Waals surface area contributed by atoms with Crippen molar-refractivity contribution in [3.05, 3.63) is 28.5 Å². The third-order valence-electron chi connectivity index (χ3n) is 3.11. The first-order chi connectivity index (χ1) is 8.70. The average molecular weight is 313 g/mol. The molecule has 0 aliphatic carbocycles. The molecule has 4 nitrogen and oxygen atoms in total. The molecular formula is C13H17BrN2O2. The van der Waals surface area contributed by atoms with Gasteiger partial charge in [-0.3, -0.25) is 4.79 Å². The Morgan fingerprint density at radius 3 is 3.06 bits per heavy atom. The van der Waals surface area contributed by atoms with Crippen LogP contribution in [0.4, 0.5) is 0 Å². The summed E-state index contributed by atoms with van der Waals surface area (Å²) in [5, 5.41) is 0. The van der Waals surface area contributed by atoms with Crippen LogP contribution in [0.15, 0.2) is 22.8 Å². The summed E-state index contributed by atoms with van der Waals surface area (Å²) >= 11 is 3.29. The second-order valence-corrected chi connectivity index (χ2v) is 5.23. The van der Waals surface area contributed by atoms with Crippen LogP contribution in [0, 0.1) is 5.92 Å². The van der Waals surface area contributed by atoms with Gasteiger partial charge in [0.15, 0.2) is 0 Å². The number of ether oxygens (including phenoxy) is 1. The van der Waals surface area contributed by atoms with Crippen molar-refractivity contribution in [3.8, 4) is 0 Å². The largest absolute Gasteiger partial charge is 0.381 e.